The number of amides is 1. The quantitative estimate of drug-likeness (QED) is 0.338. The van der Waals surface area contributed by atoms with Crippen LogP contribution >= 0.6 is 0 Å². The Morgan fingerprint density at radius 2 is 1.94 bits per heavy atom. The molecule has 1 amide bonds. The van der Waals surface area contributed by atoms with E-state index in [1.165, 1.54) is 12.5 Å². The number of carbonyl (C=O) groups is 2. The Morgan fingerprint density at radius 1 is 1.23 bits per heavy atom. The van der Waals surface area contributed by atoms with Gasteiger partial charge < -0.3 is 25.5 Å². The summed E-state index contributed by atoms with van der Waals surface area (Å²) in [6.45, 7) is 5.46. The topological polar surface area (TPSA) is 128 Å². The van der Waals surface area contributed by atoms with E-state index in [1.54, 1.807) is 0 Å². The summed E-state index contributed by atoms with van der Waals surface area (Å²) < 4.78 is 0. The highest BCUT2D eigenvalue weighted by molar-refractivity contribution is 5.96. The molecule has 0 aromatic carbocycles. The molecular formula is C27H38N2O6. The van der Waals surface area contributed by atoms with Crippen LogP contribution in [-0.2, 0) is 14.4 Å². The minimum absolute atomic E-state index is 0.0868. The van der Waals surface area contributed by atoms with Gasteiger partial charge in [0.2, 0.25) is 0 Å². The van der Waals surface area contributed by atoms with Crippen LogP contribution in [0.3, 0.4) is 0 Å². The first-order valence-corrected chi connectivity index (χ1v) is 12.8. The average Bonchev–Trinajstić information content (AvgIpc) is 3.08. The van der Waals surface area contributed by atoms with Crippen molar-refractivity contribution in [2.45, 2.75) is 89.9 Å². The third kappa shape index (κ3) is 4.27. The maximum Gasteiger partial charge on any atom is 0.328 e. The van der Waals surface area contributed by atoms with Gasteiger partial charge in [-0.2, -0.15) is 0 Å². The van der Waals surface area contributed by atoms with Crippen LogP contribution in [0, 0.1) is 40.9 Å². The van der Waals surface area contributed by atoms with Crippen molar-refractivity contribution in [2.24, 2.45) is 33.7 Å². The zero-order valence-electron chi connectivity index (χ0n) is 20.9. The highest BCUT2D eigenvalue weighted by Crippen LogP contribution is 2.67. The third-order valence-corrected chi connectivity index (χ3v) is 9.81. The Hall–Kier alpha value is -2.37. The second-order valence-corrected chi connectivity index (χ2v) is 11.5. The molecule has 0 heterocycles. The first-order valence-electron chi connectivity index (χ1n) is 12.8. The van der Waals surface area contributed by atoms with E-state index in [2.05, 4.69) is 36.3 Å². The van der Waals surface area contributed by atoms with E-state index in [0.717, 1.165) is 50.7 Å². The van der Waals surface area contributed by atoms with E-state index in [1.807, 2.05) is 0 Å². The summed E-state index contributed by atoms with van der Waals surface area (Å²) in [5.41, 5.74) is 1.06. The molecule has 0 saturated heterocycles. The standard InChI is InChI=1S/C27H38N2O6/c1-5-27(34)13-10-21-19-7-6-17-14-18(8-11-25(17,3)20(19)9-12-26(21,27)4)29-35-15-22(31)28-23(16(2)30)24(32)33/h1,14,16,19-21,23,30,34H,6-13,15H2,2-4H3,(H,28,31)(H,32,33)/t16-,19+,20-,21+,23-,25-,26-,27+/m0/s1. The lowest BCUT2D eigenvalue weighted by Crippen LogP contribution is -2.54. The summed E-state index contributed by atoms with van der Waals surface area (Å²) in [7, 11) is 0. The van der Waals surface area contributed by atoms with Gasteiger partial charge in [-0.1, -0.05) is 30.5 Å². The fourth-order valence-electron chi connectivity index (χ4n) is 7.67. The van der Waals surface area contributed by atoms with Crippen LogP contribution in [-0.4, -0.2) is 57.3 Å². The maximum absolute atomic E-state index is 12.0. The van der Waals surface area contributed by atoms with Gasteiger partial charge in [-0.15, -0.1) is 6.42 Å². The van der Waals surface area contributed by atoms with Crippen molar-refractivity contribution in [3.8, 4) is 12.3 Å². The maximum atomic E-state index is 12.0. The molecule has 0 spiro atoms. The van der Waals surface area contributed by atoms with Gasteiger partial charge >= 0.3 is 5.97 Å². The molecule has 8 nitrogen and oxygen atoms in total. The fourth-order valence-corrected chi connectivity index (χ4v) is 7.67. The van der Waals surface area contributed by atoms with Gasteiger partial charge in [0, 0.05) is 5.41 Å². The molecule has 4 rings (SSSR count). The SMILES string of the molecule is C#C[C@@]1(O)CC[C@@H]2[C@@H]3CCC4=CC(=NOCC(=O)N[C@H](C(=O)O)[C@H](C)O)CC[C@]4(C)[C@H]3CC[C@@]21C. The van der Waals surface area contributed by atoms with Crippen molar-refractivity contribution in [1.29, 1.82) is 0 Å². The van der Waals surface area contributed by atoms with Crippen molar-refractivity contribution in [3.63, 3.8) is 0 Å². The van der Waals surface area contributed by atoms with E-state index in [0.29, 0.717) is 24.2 Å². The average molecular weight is 487 g/mol. The number of aliphatic hydroxyl groups is 2. The lowest BCUT2D eigenvalue weighted by molar-refractivity contribution is -0.145. The Bertz CT molecular complexity index is 983. The van der Waals surface area contributed by atoms with Crippen molar-refractivity contribution in [2.75, 3.05) is 6.61 Å². The predicted octanol–water partition coefficient (Wildman–Crippen LogP) is 2.64. The number of hydrogen-bond donors (Lipinski definition) is 4. The number of carbonyl (C=O) groups excluding carboxylic acids is 1. The smallest absolute Gasteiger partial charge is 0.328 e. The Balaban J connectivity index is 1.41. The fraction of sp³-hybridized carbons (Fsp3) is 0.741. The van der Waals surface area contributed by atoms with Gasteiger partial charge in [-0.05, 0) is 87.5 Å². The second-order valence-electron chi connectivity index (χ2n) is 11.5. The first-order chi connectivity index (χ1) is 16.4. The summed E-state index contributed by atoms with van der Waals surface area (Å²) in [6, 6.07) is -1.39. The lowest BCUT2D eigenvalue weighted by atomic mass is 9.46. The van der Waals surface area contributed by atoms with Crippen LogP contribution in [0.1, 0.15) is 72.1 Å². The number of nitrogens with one attached hydrogen (secondary N) is 1. The molecule has 0 unspecified atom stereocenters. The molecule has 35 heavy (non-hydrogen) atoms. The largest absolute Gasteiger partial charge is 0.480 e. The molecule has 0 bridgehead atoms. The van der Waals surface area contributed by atoms with Crippen LogP contribution in [0.4, 0.5) is 0 Å². The number of fused-ring (bicyclic) bond motifs is 5. The van der Waals surface area contributed by atoms with Crippen molar-refractivity contribution in [3.05, 3.63) is 11.6 Å². The van der Waals surface area contributed by atoms with Gasteiger partial charge in [0.1, 0.15) is 5.60 Å². The zero-order valence-corrected chi connectivity index (χ0v) is 20.9. The summed E-state index contributed by atoms with van der Waals surface area (Å²) in [5, 5.41) is 36.1. The highest BCUT2D eigenvalue weighted by Gasteiger charge is 2.63. The molecule has 3 fully saturated rings. The van der Waals surface area contributed by atoms with Crippen LogP contribution < -0.4 is 5.32 Å². The summed E-state index contributed by atoms with van der Waals surface area (Å²) in [6.07, 6.45) is 14.1. The number of oxime groups is 1. The molecule has 4 N–H and O–H groups in total. The lowest BCUT2D eigenvalue weighted by Gasteiger charge is -2.58. The summed E-state index contributed by atoms with van der Waals surface area (Å²) in [4.78, 5) is 28.3. The van der Waals surface area contributed by atoms with Gasteiger partial charge in [-0.3, -0.25) is 4.79 Å². The van der Waals surface area contributed by atoms with Gasteiger partial charge in [-0.25, -0.2) is 4.79 Å². The van der Waals surface area contributed by atoms with Gasteiger partial charge in [0.15, 0.2) is 12.6 Å². The Morgan fingerprint density at radius 3 is 2.60 bits per heavy atom. The Kier molecular flexibility index (Phi) is 6.80. The number of hydrogen-bond acceptors (Lipinski definition) is 6. The number of aliphatic carboxylic acids is 1. The molecule has 0 aromatic rings. The molecule has 4 aliphatic rings. The molecule has 0 radical (unpaired) electrons. The van der Waals surface area contributed by atoms with Crippen LogP contribution in [0.15, 0.2) is 16.8 Å². The monoisotopic (exact) mass is 486 g/mol. The molecular weight excluding hydrogens is 448 g/mol. The molecule has 3 saturated carbocycles. The predicted molar refractivity (Wildman–Crippen MR) is 130 cm³/mol. The number of terminal acetylenes is 1. The molecule has 0 aliphatic heterocycles. The Labute approximate surface area is 207 Å². The van der Waals surface area contributed by atoms with Gasteiger partial charge in [0.05, 0.1) is 11.8 Å². The normalized spacial score (nSPS) is 40.9. The highest BCUT2D eigenvalue weighted by atomic mass is 16.6. The zero-order chi connectivity index (χ0) is 25.6. The second kappa shape index (κ2) is 9.25. The van der Waals surface area contributed by atoms with E-state index >= 15 is 0 Å². The minimum Gasteiger partial charge on any atom is -0.480 e. The number of rotatable bonds is 6. The number of carboxylic acid groups (broad SMARTS) is 1. The molecule has 192 valence electrons. The minimum atomic E-state index is -1.39. The van der Waals surface area contributed by atoms with Gasteiger partial charge in [0.25, 0.3) is 5.91 Å². The number of allylic oxidation sites excluding steroid dienone is 2. The number of nitrogens with zero attached hydrogens (tertiary/aromatic N) is 1. The molecule has 4 aliphatic carbocycles. The van der Waals surface area contributed by atoms with Crippen LogP contribution in [0.25, 0.3) is 0 Å². The molecule has 8 atom stereocenters. The van der Waals surface area contributed by atoms with Crippen molar-refractivity contribution in [1.82, 2.24) is 5.32 Å². The summed E-state index contributed by atoms with van der Waals surface area (Å²) in [5.74, 6) is 2.36. The molecule has 8 heteroatoms. The van der Waals surface area contributed by atoms with Crippen LogP contribution in [0.5, 0.6) is 0 Å². The van der Waals surface area contributed by atoms with Crippen molar-refractivity contribution >= 4 is 17.6 Å². The molecule has 0 aromatic heterocycles. The number of aliphatic hydroxyl groups excluding tert-OH is 1. The summed E-state index contributed by atoms with van der Waals surface area (Å²) >= 11 is 0. The van der Waals surface area contributed by atoms with Crippen LogP contribution in [0.2, 0.25) is 0 Å². The van der Waals surface area contributed by atoms with E-state index in [9.17, 15) is 19.8 Å². The number of carboxylic acids is 1. The third-order valence-electron chi connectivity index (χ3n) is 9.81. The van der Waals surface area contributed by atoms with E-state index < -0.39 is 36.2 Å². The van der Waals surface area contributed by atoms with E-state index in [-0.39, 0.29) is 10.8 Å². The van der Waals surface area contributed by atoms with Crippen molar-refractivity contribution < 1.29 is 29.7 Å². The first kappa shape index (κ1) is 25.7. The van der Waals surface area contributed by atoms with E-state index in [4.69, 9.17) is 16.4 Å².